The van der Waals surface area contributed by atoms with E-state index in [1.165, 1.54) is 6.42 Å². The lowest BCUT2D eigenvalue weighted by Crippen LogP contribution is -2.36. The van der Waals surface area contributed by atoms with Gasteiger partial charge in [-0.15, -0.1) is 0 Å². The summed E-state index contributed by atoms with van der Waals surface area (Å²) in [4.78, 5) is 11.1. The number of carbonyl (C=O) groups excluding carboxylic acids is 1. The second-order valence-electron chi connectivity index (χ2n) is 4.38. The highest BCUT2D eigenvalue weighted by Crippen LogP contribution is 2.33. The van der Waals surface area contributed by atoms with Crippen LogP contribution in [0.5, 0.6) is 0 Å². The topological polar surface area (TPSA) is 64.9 Å². The van der Waals surface area contributed by atoms with Crippen molar-refractivity contribution in [1.82, 2.24) is 10.6 Å². The van der Waals surface area contributed by atoms with E-state index in [2.05, 4.69) is 16.7 Å². The number of nitrogens with one attached hydrogen (secondary N) is 2. The molecule has 5 heteroatoms. The third-order valence-corrected chi connectivity index (χ3v) is 4.72. The Kier molecular flexibility index (Phi) is 3.94. The van der Waals surface area contributed by atoms with Gasteiger partial charge in [0.25, 0.3) is 0 Å². The predicted molar refractivity (Wildman–Crippen MR) is 64.2 cm³/mol. The Labute approximate surface area is 100 Å². The van der Waals surface area contributed by atoms with Crippen LogP contribution in [0, 0.1) is 11.3 Å². The average Bonchev–Trinajstić information content (AvgIpc) is 2.78. The highest BCUT2D eigenvalue weighted by molar-refractivity contribution is 8.00. The Morgan fingerprint density at radius 3 is 3.06 bits per heavy atom. The lowest BCUT2D eigenvalue weighted by atomic mass is 10.0. The van der Waals surface area contributed by atoms with Crippen molar-refractivity contribution in [3.05, 3.63) is 0 Å². The number of rotatable bonds is 5. The van der Waals surface area contributed by atoms with E-state index in [0.29, 0.717) is 23.8 Å². The molecule has 0 aromatic heterocycles. The van der Waals surface area contributed by atoms with Crippen molar-refractivity contribution in [3.8, 4) is 6.07 Å². The van der Waals surface area contributed by atoms with E-state index in [0.717, 1.165) is 25.0 Å². The predicted octanol–water partition coefficient (Wildman–Crippen LogP) is 1.63. The summed E-state index contributed by atoms with van der Waals surface area (Å²) in [6.45, 7) is 0. The van der Waals surface area contributed by atoms with Crippen molar-refractivity contribution < 1.29 is 4.79 Å². The van der Waals surface area contributed by atoms with Gasteiger partial charge in [-0.2, -0.15) is 17.0 Å². The van der Waals surface area contributed by atoms with E-state index < -0.39 is 0 Å². The molecule has 2 aliphatic heterocycles. The van der Waals surface area contributed by atoms with Crippen molar-refractivity contribution in [3.63, 3.8) is 0 Å². The normalized spacial score (nSPS) is 31.7. The molecule has 2 saturated heterocycles. The van der Waals surface area contributed by atoms with Crippen LogP contribution in [0.4, 0.5) is 4.79 Å². The summed E-state index contributed by atoms with van der Waals surface area (Å²) in [6.07, 6.45) is 5.12. The van der Waals surface area contributed by atoms with Crippen LogP contribution in [0.15, 0.2) is 0 Å². The summed E-state index contributed by atoms with van der Waals surface area (Å²) in [5.41, 5.74) is 0. The summed E-state index contributed by atoms with van der Waals surface area (Å²) in [6, 6.07) is 2.82. The van der Waals surface area contributed by atoms with Crippen molar-refractivity contribution >= 4 is 17.8 Å². The summed E-state index contributed by atoms with van der Waals surface area (Å²) < 4.78 is 0. The number of hydrogen-bond acceptors (Lipinski definition) is 3. The van der Waals surface area contributed by atoms with Crippen LogP contribution in [0.1, 0.15) is 32.1 Å². The zero-order chi connectivity index (χ0) is 11.4. The maximum Gasteiger partial charge on any atom is 0.315 e. The minimum Gasteiger partial charge on any atom is -0.332 e. The number of nitriles is 1. The minimum absolute atomic E-state index is 0.00946. The van der Waals surface area contributed by atoms with E-state index in [4.69, 9.17) is 5.26 Å². The van der Waals surface area contributed by atoms with Crippen molar-refractivity contribution in [2.24, 2.45) is 0 Å². The van der Waals surface area contributed by atoms with Gasteiger partial charge in [-0.05, 0) is 12.8 Å². The van der Waals surface area contributed by atoms with Crippen LogP contribution in [0.25, 0.3) is 0 Å². The molecule has 2 aliphatic rings. The molecule has 0 spiro atoms. The van der Waals surface area contributed by atoms with Gasteiger partial charge in [0.05, 0.1) is 18.2 Å². The smallest absolute Gasteiger partial charge is 0.315 e. The standard InChI is InChI=1S/C11H17N3OS/c12-6-4-2-1-3-5-9-10-8(7-16-9)13-11(15)14-10/h8-10H,1-5,7H2,(H2,13,14,15)/t8-,9-,10-/m0/s1. The number of thioether (sulfide) groups is 1. The summed E-state index contributed by atoms with van der Waals surface area (Å²) in [5.74, 6) is 1.03. The highest BCUT2D eigenvalue weighted by Gasteiger charge is 2.42. The number of fused-ring (bicyclic) bond motifs is 1. The molecule has 0 aliphatic carbocycles. The van der Waals surface area contributed by atoms with Crippen molar-refractivity contribution in [2.45, 2.75) is 49.4 Å². The van der Waals surface area contributed by atoms with E-state index in [-0.39, 0.29) is 6.03 Å². The number of amides is 2. The van der Waals surface area contributed by atoms with Crippen molar-refractivity contribution in [2.75, 3.05) is 5.75 Å². The van der Waals surface area contributed by atoms with Crippen LogP contribution < -0.4 is 10.6 Å². The average molecular weight is 239 g/mol. The third kappa shape index (κ3) is 2.62. The molecule has 2 heterocycles. The molecular formula is C11H17N3OS. The number of carbonyl (C=O) groups is 1. The molecule has 0 aromatic carbocycles. The fourth-order valence-electron chi connectivity index (χ4n) is 2.37. The molecular weight excluding hydrogens is 222 g/mol. The molecule has 2 fully saturated rings. The Hall–Kier alpha value is -0.890. The van der Waals surface area contributed by atoms with E-state index >= 15 is 0 Å². The fraction of sp³-hybridized carbons (Fsp3) is 0.818. The molecule has 2 amide bonds. The van der Waals surface area contributed by atoms with E-state index in [1.807, 2.05) is 11.8 Å². The van der Waals surface area contributed by atoms with Crippen LogP contribution >= 0.6 is 11.8 Å². The lowest BCUT2D eigenvalue weighted by Gasteiger charge is -2.16. The maximum atomic E-state index is 11.1. The Bertz CT molecular complexity index is 302. The Balaban J connectivity index is 1.67. The molecule has 0 unspecified atom stereocenters. The van der Waals surface area contributed by atoms with Gasteiger partial charge in [-0.1, -0.05) is 12.8 Å². The first-order valence-corrected chi connectivity index (χ1v) is 6.91. The lowest BCUT2D eigenvalue weighted by molar-refractivity contribution is 0.247. The zero-order valence-electron chi connectivity index (χ0n) is 9.24. The molecule has 0 aromatic rings. The maximum absolute atomic E-state index is 11.1. The molecule has 0 radical (unpaired) electrons. The highest BCUT2D eigenvalue weighted by atomic mass is 32.2. The van der Waals surface area contributed by atoms with Gasteiger partial charge in [0.15, 0.2) is 0 Å². The SMILES string of the molecule is N#CCCCCC[C@@H]1SC[C@@H]2NC(=O)N[C@@H]21. The van der Waals surface area contributed by atoms with Gasteiger partial charge < -0.3 is 10.6 Å². The second-order valence-corrected chi connectivity index (χ2v) is 5.65. The largest absolute Gasteiger partial charge is 0.332 e. The molecule has 88 valence electrons. The zero-order valence-corrected chi connectivity index (χ0v) is 10.1. The van der Waals surface area contributed by atoms with E-state index in [9.17, 15) is 4.79 Å². The van der Waals surface area contributed by atoms with Gasteiger partial charge >= 0.3 is 6.03 Å². The van der Waals surface area contributed by atoms with Gasteiger partial charge in [-0.25, -0.2) is 4.79 Å². The van der Waals surface area contributed by atoms with Crippen LogP contribution in [-0.4, -0.2) is 29.1 Å². The Morgan fingerprint density at radius 1 is 1.38 bits per heavy atom. The van der Waals surface area contributed by atoms with Crippen LogP contribution in [0.3, 0.4) is 0 Å². The molecule has 4 nitrogen and oxygen atoms in total. The second kappa shape index (κ2) is 5.44. The van der Waals surface area contributed by atoms with Crippen LogP contribution in [0.2, 0.25) is 0 Å². The number of nitrogens with zero attached hydrogens (tertiary/aromatic N) is 1. The third-order valence-electron chi connectivity index (χ3n) is 3.22. The van der Waals surface area contributed by atoms with Gasteiger partial charge in [0.1, 0.15) is 0 Å². The summed E-state index contributed by atoms with van der Waals surface area (Å²) >= 11 is 1.96. The van der Waals surface area contributed by atoms with Gasteiger partial charge in [0.2, 0.25) is 0 Å². The molecule has 16 heavy (non-hydrogen) atoms. The molecule has 0 bridgehead atoms. The summed E-state index contributed by atoms with van der Waals surface area (Å²) in [5, 5.41) is 14.9. The van der Waals surface area contributed by atoms with Gasteiger partial charge in [0, 0.05) is 17.4 Å². The molecule has 0 saturated carbocycles. The number of unbranched alkanes of at least 4 members (excludes halogenated alkanes) is 3. The van der Waals surface area contributed by atoms with E-state index in [1.54, 1.807) is 0 Å². The number of hydrogen-bond donors (Lipinski definition) is 2. The first-order chi connectivity index (χ1) is 7.81. The first kappa shape index (κ1) is 11.6. The summed E-state index contributed by atoms with van der Waals surface area (Å²) in [7, 11) is 0. The van der Waals surface area contributed by atoms with Gasteiger partial charge in [-0.3, -0.25) is 0 Å². The monoisotopic (exact) mass is 239 g/mol. The van der Waals surface area contributed by atoms with Crippen molar-refractivity contribution in [1.29, 1.82) is 5.26 Å². The minimum atomic E-state index is -0.00946. The molecule has 2 N–H and O–H groups in total. The van der Waals surface area contributed by atoms with Crippen LogP contribution in [-0.2, 0) is 0 Å². The fourth-order valence-corrected chi connectivity index (χ4v) is 3.91. The first-order valence-electron chi connectivity index (χ1n) is 5.87. The molecule has 3 atom stereocenters. The number of urea groups is 1. The Morgan fingerprint density at radius 2 is 2.25 bits per heavy atom. The quantitative estimate of drug-likeness (QED) is 0.566. The molecule has 2 rings (SSSR count).